The number of nitrogens with one attached hydrogen (secondary N) is 1. The van der Waals surface area contributed by atoms with Crippen molar-refractivity contribution in [1.82, 2.24) is 4.98 Å². The average molecular weight is 278 g/mol. The number of aromatic nitrogens is 1. The third-order valence-corrected chi connectivity index (χ3v) is 3.52. The van der Waals surface area contributed by atoms with Gasteiger partial charge in [0.05, 0.1) is 7.11 Å². The molecule has 1 N–H and O–H groups in total. The Morgan fingerprint density at radius 3 is 2.37 bits per heavy atom. The zero-order chi connectivity index (χ0) is 13.7. The minimum Gasteiger partial charge on any atom is -0.497 e. The Morgan fingerprint density at radius 1 is 1.11 bits per heavy atom. The van der Waals surface area contributed by atoms with E-state index in [1.807, 2.05) is 6.07 Å². The van der Waals surface area contributed by atoms with E-state index in [9.17, 15) is 4.57 Å². The van der Waals surface area contributed by atoms with Gasteiger partial charge in [-0.2, -0.15) is 0 Å². The number of benzene rings is 1. The molecule has 100 valence electrons. The summed E-state index contributed by atoms with van der Waals surface area (Å²) in [6.45, 7) is 1.51. The molecule has 0 bridgehead atoms. The second kappa shape index (κ2) is 5.76. The molecule has 0 aliphatic heterocycles. The quantitative estimate of drug-likeness (QED) is 0.849. The van der Waals surface area contributed by atoms with E-state index in [-0.39, 0.29) is 0 Å². The summed E-state index contributed by atoms with van der Waals surface area (Å²) in [5.74, 6) is 1.74. The molecular weight excluding hydrogens is 263 g/mol. The summed E-state index contributed by atoms with van der Waals surface area (Å²) >= 11 is 0. The molecule has 19 heavy (non-hydrogen) atoms. The Balaban J connectivity index is 2.06. The van der Waals surface area contributed by atoms with Crippen LogP contribution in [0, 0.1) is 0 Å². The Bertz CT molecular complexity index is 572. The maximum absolute atomic E-state index is 12.3. The third-order valence-electron chi connectivity index (χ3n) is 2.32. The van der Waals surface area contributed by atoms with Crippen LogP contribution in [0.25, 0.3) is 0 Å². The molecule has 0 fully saturated rings. The van der Waals surface area contributed by atoms with Gasteiger partial charge < -0.3 is 9.26 Å². The number of ether oxygens (including phenoxy) is 1. The number of rotatable bonds is 5. The first-order chi connectivity index (χ1) is 9.09. The molecule has 0 spiro atoms. The first-order valence-corrected chi connectivity index (χ1v) is 7.77. The van der Waals surface area contributed by atoms with Crippen LogP contribution in [0.1, 0.15) is 0 Å². The standard InChI is InChI=1S/C13H15N2O3P/c1-17-11-6-8-12(9-7-11)18-19(2,16)15-13-5-3-4-10-14-13/h3-10H,1-2H3,(H,14,15,16). The van der Waals surface area contributed by atoms with E-state index in [1.165, 1.54) is 6.66 Å². The van der Waals surface area contributed by atoms with Crippen molar-refractivity contribution in [3.8, 4) is 11.5 Å². The van der Waals surface area contributed by atoms with Crippen LogP contribution in [-0.2, 0) is 4.57 Å². The lowest BCUT2D eigenvalue weighted by atomic mass is 10.3. The first kappa shape index (κ1) is 13.4. The molecule has 0 saturated carbocycles. The molecular formula is C13H15N2O3P. The Kier molecular flexibility index (Phi) is 4.07. The van der Waals surface area contributed by atoms with Crippen LogP contribution in [-0.4, -0.2) is 18.8 Å². The highest BCUT2D eigenvalue weighted by Crippen LogP contribution is 2.42. The Hall–Kier alpha value is -2.00. The van der Waals surface area contributed by atoms with Crippen molar-refractivity contribution in [2.75, 3.05) is 18.9 Å². The maximum atomic E-state index is 12.3. The van der Waals surface area contributed by atoms with Crippen LogP contribution in [0.3, 0.4) is 0 Å². The van der Waals surface area contributed by atoms with Crippen LogP contribution in [0.5, 0.6) is 11.5 Å². The summed E-state index contributed by atoms with van der Waals surface area (Å²) in [5, 5.41) is 2.79. The Morgan fingerprint density at radius 2 is 1.79 bits per heavy atom. The van der Waals surface area contributed by atoms with E-state index in [0.717, 1.165) is 5.75 Å². The third kappa shape index (κ3) is 4.00. The molecule has 0 amide bonds. The molecule has 0 aliphatic rings. The predicted octanol–water partition coefficient (Wildman–Crippen LogP) is 3.40. The molecule has 0 saturated heterocycles. The highest BCUT2D eigenvalue weighted by molar-refractivity contribution is 7.60. The minimum atomic E-state index is -3.01. The van der Waals surface area contributed by atoms with Crippen molar-refractivity contribution in [1.29, 1.82) is 0 Å². The van der Waals surface area contributed by atoms with Crippen LogP contribution in [0.15, 0.2) is 48.7 Å². The van der Waals surface area contributed by atoms with Gasteiger partial charge in [0.15, 0.2) is 0 Å². The van der Waals surface area contributed by atoms with Gasteiger partial charge in [0.1, 0.15) is 17.3 Å². The second-order valence-electron chi connectivity index (χ2n) is 3.94. The van der Waals surface area contributed by atoms with Gasteiger partial charge in [-0.1, -0.05) is 6.07 Å². The summed E-state index contributed by atoms with van der Waals surface area (Å²) in [6.07, 6.45) is 1.62. The second-order valence-corrected chi connectivity index (χ2v) is 6.04. The monoisotopic (exact) mass is 278 g/mol. The number of hydrogen-bond acceptors (Lipinski definition) is 4. The van der Waals surface area contributed by atoms with Crippen molar-refractivity contribution >= 4 is 13.3 Å². The van der Waals surface area contributed by atoms with E-state index in [4.69, 9.17) is 9.26 Å². The van der Waals surface area contributed by atoms with Crippen LogP contribution >= 0.6 is 7.52 Å². The fourth-order valence-corrected chi connectivity index (χ4v) is 2.62. The van der Waals surface area contributed by atoms with Gasteiger partial charge in [0.2, 0.25) is 0 Å². The van der Waals surface area contributed by atoms with Crippen LogP contribution in [0.4, 0.5) is 5.82 Å². The molecule has 2 aromatic rings. The number of hydrogen-bond donors (Lipinski definition) is 1. The number of pyridine rings is 1. The van der Waals surface area contributed by atoms with Crippen molar-refractivity contribution in [2.24, 2.45) is 0 Å². The lowest BCUT2D eigenvalue weighted by molar-refractivity contribution is 0.413. The molecule has 1 heterocycles. The highest BCUT2D eigenvalue weighted by Gasteiger charge is 2.17. The smallest absolute Gasteiger partial charge is 0.339 e. The Labute approximate surface area is 112 Å². The predicted molar refractivity (Wildman–Crippen MR) is 75.0 cm³/mol. The lowest BCUT2D eigenvalue weighted by Gasteiger charge is -2.16. The molecule has 1 unspecified atom stereocenters. The van der Waals surface area contributed by atoms with Gasteiger partial charge in [-0.05, 0) is 36.4 Å². The summed E-state index contributed by atoms with van der Waals surface area (Å²) in [4.78, 5) is 4.05. The molecule has 1 aromatic heterocycles. The SMILES string of the molecule is COc1ccc(OP(C)(=O)Nc2ccccn2)cc1. The van der Waals surface area contributed by atoms with Crippen LogP contribution in [0.2, 0.25) is 0 Å². The molecule has 6 heteroatoms. The fourth-order valence-electron chi connectivity index (χ4n) is 1.50. The molecule has 1 aromatic carbocycles. The lowest BCUT2D eigenvalue weighted by Crippen LogP contribution is -2.03. The summed E-state index contributed by atoms with van der Waals surface area (Å²) < 4.78 is 22.8. The van der Waals surface area contributed by atoms with Gasteiger partial charge in [-0.25, -0.2) is 4.98 Å². The summed E-state index contributed by atoms with van der Waals surface area (Å²) in [6, 6.07) is 12.2. The van der Waals surface area contributed by atoms with E-state index >= 15 is 0 Å². The first-order valence-electron chi connectivity index (χ1n) is 5.69. The number of methoxy groups -OCH3 is 1. The van der Waals surface area contributed by atoms with Crippen molar-refractivity contribution in [2.45, 2.75) is 0 Å². The van der Waals surface area contributed by atoms with Gasteiger partial charge in [0, 0.05) is 12.9 Å². The van der Waals surface area contributed by atoms with Gasteiger partial charge in [-0.3, -0.25) is 9.65 Å². The van der Waals surface area contributed by atoms with Gasteiger partial charge in [0.25, 0.3) is 0 Å². The molecule has 0 aliphatic carbocycles. The van der Waals surface area contributed by atoms with Crippen molar-refractivity contribution < 1.29 is 13.8 Å². The number of nitrogens with zero attached hydrogens (tertiary/aromatic N) is 1. The molecule has 2 rings (SSSR count). The molecule has 5 nitrogen and oxygen atoms in total. The summed E-state index contributed by atoms with van der Waals surface area (Å²) in [7, 11) is -1.43. The number of anilines is 1. The molecule has 0 radical (unpaired) electrons. The van der Waals surface area contributed by atoms with Crippen molar-refractivity contribution in [3.05, 3.63) is 48.7 Å². The van der Waals surface area contributed by atoms with Crippen molar-refractivity contribution in [3.63, 3.8) is 0 Å². The minimum absolute atomic E-state index is 0.509. The van der Waals surface area contributed by atoms with Crippen LogP contribution < -0.4 is 14.3 Å². The van der Waals surface area contributed by atoms with Gasteiger partial charge >= 0.3 is 7.52 Å². The highest BCUT2D eigenvalue weighted by atomic mass is 31.2. The topological polar surface area (TPSA) is 60.5 Å². The maximum Gasteiger partial charge on any atom is 0.339 e. The average Bonchev–Trinajstić information content (AvgIpc) is 2.39. The van der Waals surface area contributed by atoms with Gasteiger partial charge in [-0.15, -0.1) is 0 Å². The summed E-state index contributed by atoms with van der Waals surface area (Å²) in [5.41, 5.74) is 0. The molecule has 1 atom stereocenters. The van der Waals surface area contributed by atoms with E-state index in [2.05, 4.69) is 10.1 Å². The zero-order valence-electron chi connectivity index (χ0n) is 10.7. The fraction of sp³-hybridized carbons (Fsp3) is 0.154. The van der Waals surface area contributed by atoms with E-state index in [1.54, 1.807) is 49.7 Å². The normalized spacial score (nSPS) is 13.4. The zero-order valence-corrected chi connectivity index (χ0v) is 11.6. The largest absolute Gasteiger partial charge is 0.497 e. The van der Waals surface area contributed by atoms with E-state index in [0.29, 0.717) is 11.6 Å². The van der Waals surface area contributed by atoms with E-state index < -0.39 is 7.52 Å².